The molecular weight excluding hydrogens is 468 g/mol. The van der Waals surface area contributed by atoms with Gasteiger partial charge in [-0.15, -0.1) is 14.4 Å². The number of phenols is 1. The van der Waals surface area contributed by atoms with E-state index in [-0.39, 0.29) is 16.3 Å². The predicted octanol–water partition coefficient (Wildman–Crippen LogP) is 4.70. The Bertz CT molecular complexity index is 1240. The van der Waals surface area contributed by atoms with Gasteiger partial charge in [0.15, 0.2) is 0 Å². The molecule has 172 valence electrons. The monoisotopic (exact) mass is 488 g/mol. The molecule has 1 atom stereocenters. The number of phenolic OH excluding ortho intramolecular Hbond substituents is 1. The number of azo groups is 2. The van der Waals surface area contributed by atoms with Gasteiger partial charge in [-0.2, -0.15) is 21.2 Å². The Morgan fingerprint density at radius 3 is 2.48 bits per heavy atom. The molecule has 0 aliphatic heterocycles. The third-order valence-corrected chi connectivity index (χ3v) is 6.17. The van der Waals surface area contributed by atoms with Crippen molar-refractivity contribution in [1.29, 1.82) is 0 Å². The maximum atomic E-state index is 12.1. The average molecular weight is 489 g/mol. The number of rotatable bonds is 10. The molecule has 0 saturated heterocycles. The van der Waals surface area contributed by atoms with Gasteiger partial charge in [0.1, 0.15) is 11.4 Å². The van der Waals surface area contributed by atoms with Crippen LogP contribution in [0, 0.1) is 0 Å². The Hall–Kier alpha value is -3.20. The molecule has 1 unspecified atom stereocenters. The fraction of sp³-hybridized carbons (Fsp3) is 0.100. The van der Waals surface area contributed by atoms with Crippen LogP contribution in [0.1, 0.15) is 11.7 Å². The van der Waals surface area contributed by atoms with E-state index in [0.29, 0.717) is 16.1 Å². The molecule has 0 aliphatic rings. The molecule has 0 radical (unpaired) electrons. The molecule has 3 rings (SSSR count). The lowest BCUT2D eigenvalue weighted by atomic mass is 10.2. The van der Waals surface area contributed by atoms with E-state index in [1.165, 1.54) is 25.2 Å². The maximum Gasteiger partial charge on any atom is 0.240 e. The zero-order valence-electron chi connectivity index (χ0n) is 17.3. The molecule has 3 aromatic carbocycles. The summed E-state index contributed by atoms with van der Waals surface area (Å²) < 4.78 is 30.9. The Morgan fingerprint density at radius 2 is 1.76 bits per heavy atom. The molecule has 11 nitrogen and oxygen atoms in total. The Balaban J connectivity index is 1.91. The second-order valence-corrected chi connectivity index (χ2v) is 8.98. The van der Waals surface area contributed by atoms with E-state index in [2.05, 4.69) is 34.5 Å². The molecule has 0 bridgehead atoms. The predicted molar refractivity (Wildman–Crippen MR) is 121 cm³/mol. The normalized spacial score (nSPS) is 13.0. The van der Waals surface area contributed by atoms with Crippen LogP contribution in [0.25, 0.3) is 0 Å². The third kappa shape index (κ3) is 6.89. The summed E-state index contributed by atoms with van der Waals surface area (Å²) in [4.78, 5) is 4.70. The van der Waals surface area contributed by atoms with Crippen molar-refractivity contribution in [3.63, 3.8) is 0 Å². The molecule has 0 aliphatic carbocycles. The van der Waals surface area contributed by atoms with Crippen LogP contribution in [0.2, 0.25) is 0 Å². The zero-order chi connectivity index (χ0) is 23.7. The molecule has 0 fully saturated rings. The molecular formula is C20H20N6O5S2. The van der Waals surface area contributed by atoms with Crippen molar-refractivity contribution in [2.75, 3.05) is 7.05 Å². The summed E-state index contributed by atoms with van der Waals surface area (Å²) in [6.45, 7) is 0. The van der Waals surface area contributed by atoms with Gasteiger partial charge < -0.3 is 5.11 Å². The Kier molecular flexibility index (Phi) is 8.59. The highest BCUT2D eigenvalue weighted by atomic mass is 32.2. The molecule has 4 N–H and O–H groups in total. The Morgan fingerprint density at radius 1 is 1.00 bits per heavy atom. The summed E-state index contributed by atoms with van der Waals surface area (Å²) in [7, 11) is -2.43. The van der Waals surface area contributed by atoms with Crippen LogP contribution in [-0.2, 0) is 19.3 Å². The van der Waals surface area contributed by atoms with Crippen LogP contribution in [0.4, 0.5) is 11.4 Å². The molecule has 0 spiro atoms. The van der Waals surface area contributed by atoms with Crippen LogP contribution in [-0.4, -0.2) is 20.6 Å². The number of hydrogen-bond acceptors (Lipinski definition) is 11. The highest BCUT2D eigenvalue weighted by Gasteiger charge is 2.15. The first-order chi connectivity index (χ1) is 15.9. The lowest BCUT2D eigenvalue weighted by Gasteiger charge is -2.07. The van der Waals surface area contributed by atoms with Gasteiger partial charge >= 0.3 is 0 Å². The van der Waals surface area contributed by atoms with Gasteiger partial charge in [-0.05, 0) is 43.4 Å². The van der Waals surface area contributed by atoms with Gasteiger partial charge in [0.25, 0.3) is 0 Å². The SMILES string of the molecule is CNS(=O)(=O)c1ccc(O)c(N=NC(N=Nc2cccc(SOON)c2)c2ccccc2)c1. The number of hydrogen-bond donors (Lipinski definition) is 3. The van der Waals surface area contributed by atoms with E-state index in [9.17, 15) is 13.5 Å². The topological polar surface area (TPSA) is 160 Å². The van der Waals surface area contributed by atoms with Crippen LogP contribution in [0.15, 0.2) is 103 Å². The molecule has 33 heavy (non-hydrogen) atoms. The first-order valence-electron chi connectivity index (χ1n) is 9.36. The average Bonchev–Trinajstić information content (AvgIpc) is 2.84. The van der Waals surface area contributed by atoms with Crippen molar-refractivity contribution >= 4 is 33.4 Å². The van der Waals surface area contributed by atoms with Crippen LogP contribution < -0.4 is 10.6 Å². The lowest BCUT2D eigenvalue weighted by molar-refractivity contribution is -0.195. The number of nitrogens with two attached hydrogens (primary N) is 1. The number of sulfonamides is 1. The van der Waals surface area contributed by atoms with Crippen molar-refractivity contribution in [2.24, 2.45) is 26.4 Å². The molecule has 0 amide bonds. The second kappa shape index (κ2) is 11.6. The zero-order valence-corrected chi connectivity index (χ0v) is 18.9. The minimum Gasteiger partial charge on any atom is -0.506 e. The number of nitrogens with one attached hydrogen (secondary N) is 1. The van der Waals surface area contributed by atoms with Crippen LogP contribution >= 0.6 is 12.0 Å². The van der Waals surface area contributed by atoms with E-state index < -0.39 is 16.2 Å². The van der Waals surface area contributed by atoms with Crippen molar-refractivity contribution < 1.29 is 22.8 Å². The van der Waals surface area contributed by atoms with Gasteiger partial charge in [0.2, 0.25) is 16.2 Å². The minimum atomic E-state index is -3.72. The number of aromatic hydroxyl groups is 1. The first-order valence-corrected chi connectivity index (χ1v) is 11.6. The summed E-state index contributed by atoms with van der Waals surface area (Å²) in [5, 5.41) is 26.8. The number of nitrogens with zero attached hydrogens (tertiary/aromatic N) is 4. The molecule has 3 aromatic rings. The van der Waals surface area contributed by atoms with E-state index in [0.717, 1.165) is 12.0 Å². The largest absolute Gasteiger partial charge is 0.506 e. The maximum absolute atomic E-state index is 12.1. The van der Waals surface area contributed by atoms with E-state index in [4.69, 9.17) is 5.90 Å². The number of benzene rings is 3. The smallest absolute Gasteiger partial charge is 0.240 e. The minimum absolute atomic E-state index is 0.0280. The fourth-order valence-corrected chi connectivity index (χ4v) is 3.72. The van der Waals surface area contributed by atoms with Gasteiger partial charge in [-0.1, -0.05) is 36.4 Å². The van der Waals surface area contributed by atoms with Crippen molar-refractivity contribution in [3.05, 3.63) is 78.4 Å². The second-order valence-electron chi connectivity index (χ2n) is 6.32. The Labute approximate surface area is 194 Å². The summed E-state index contributed by atoms with van der Waals surface area (Å²) in [5.41, 5.74) is 1.18. The molecule has 0 heterocycles. The van der Waals surface area contributed by atoms with Gasteiger partial charge in [-0.3, -0.25) is 0 Å². The standard InChI is InChI=1S/C20H20N6O5S2/c1-22-33(28,29)17-10-11-19(27)18(13-17)24-26-20(14-6-3-2-4-7-14)25-23-15-8-5-9-16(12-15)32-31-30-21/h2-13,20,22,27H,21H2,1H3. The van der Waals surface area contributed by atoms with Crippen molar-refractivity contribution in [2.45, 2.75) is 16.0 Å². The van der Waals surface area contributed by atoms with Crippen molar-refractivity contribution in [3.8, 4) is 5.75 Å². The van der Waals surface area contributed by atoms with Gasteiger partial charge in [-0.25, -0.2) is 13.1 Å². The van der Waals surface area contributed by atoms with Crippen LogP contribution in [0.5, 0.6) is 5.75 Å². The summed E-state index contributed by atoms with van der Waals surface area (Å²) >= 11 is 0.907. The summed E-state index contributed by atoms with van der Waals surface area (Å²) in [5.74, 6) is 4.62. The van der Waals surface area contributed by atoms with Crippen LogP contribution in [0.3, 0.4) is 0 Å². The van der Waals surface area contributed by atoms with Crippen molar-refractivity contribution in [1.82, 2.24) is 4.72 Å². The third-order valence-electron chi connectivity index (χ3n) is 4.17. The van der Waals surface area contributed by atoms with Gasteiger partial charge in [0, 0.05) is 10.5 Å². The molecule has 0 aromatic heterocycles. The van der Waals surface area contributed by atoms with Gasteiger partial charge in [0.05, 0.1) is 22.6 Å². The fourth-order valence-electron chi connectivity index (χ4n) is 2.54. The molecule has 13 heteroatoms. The highest BCUT2D eigenvalue weighted by Crippen LogP contribution is 2.32. The first kappa shape index (κ1) is 24.4. The molecule has 0 saturated carbocycles. The lowest BCUT2D eigenvalue weighted by Crippen LogP contribution is -2.18. The highest BCUT2D eigenvalue weighted by molar-refractivity contribution is 7.94. The summed E-state index contributed by atoms with van der Waals surface area (Å²) in [6, 6.07) is 19.7. The van der Waals surface area contributed by atoms with E-state index >= 15 is 0 Å². The quantitative estimate of drug-likeness (QED) is 0.161. The summed E-state index contributed by atoms with van der Waals surface area (Å²) in [6.07, 6.45) is -0.852. The van der Waals surface area contributed by atoms with E-state index in [1.807, 2.05) is 18.2 Å². The van der Waals surface area contributed by atoms with E-state index in [1.54, 1.807) is 36.4 Å².